The number of nitrogens with one attached hydrogen (secondary N) is 2. The topological polar surface area (TPSA) is 61.4 Å². The standard InChI is InChI=1S/C22H25N3O2/c1-15-7-6-10-19(20(15)21(26)25-13-4-5-14-25)24-22(27)23-18-12-11-16-8-2-3-9-17(16)18/h2-3,6-10,18H,4-5,11-14H2,1H3,(H2,23,24,27). The summed E-state index contributed by atoms with van der Waals surface area (Å²) >= 11 is 0. The highest BCUT2D eigenvalue weighted by molar-refractivity contribution is 6.04. The first-order chi connectivity index (χ1) is 13.1. The minimum Gasteiger partial charge on any atom is -0.339 e. The molecule has 2 aromatic carbocycles. The number of aryl methyl sites for hydroxylation is 2. The Hall–Kier alpha value is -2.82. The first-order valence-corrected chi connectivity index (χ1v) is 9.67. The highest BCUT2D eigenvalue weighted by Gasteiger charge is 2.26. The van der Waals surface area contributed by atoms with Crippen molar-refractivity contribution in [2.75, 3.05) is 18.4 Å². The first-order valence-electron chi connectivity index (χ1n) is 9.67. The summed E-state index contributed by atoms with van der Waals surface area (Å²) < 4.78 is 0. The molecule has 2 aromatic rings. The van der Waals surface area contributed by atoms with Gasteiger partial charge in [0.1, 0.15) is 0 Å². The van der Waals surface area contributed by atoms with Gasteiger partial charge in [0.2, 0.25) is 0 Å². The van der Waals surface area contributed by atoms with E-state index in [0.717, 1.165) is 44.3 Å². The highest BCUT2D eigenvalue weighted by atomic mass is 16.2. The lowest BCUT2D eigenvalue weighted by Gasteiger charge is -2.20. The molecule has 0 bridgehead atoms. The predicted octanol–water partition coefficient (Wildman–Crippen LogP) is 4.04. The van der Waals surface area contributed by atoms with E-state index in [1.54, 1.807) is 6.07 Å². The molecule has 1 saturated heterocycles. The van der Waals surface area contributed by atoms with Crippen LogP contribution in [-0.4, -0.2) is 29.9 Å². The van der Waals surface area contributed by atoms with Crippen molar-refractivity contribution in [3.05, 3.63) is 64.7 Å². The van der Waals surface area contributed by atoms with Gasteiger partial charge in [-0.05, 0) is 55.4 Å². The van der Waals surface area contributed by atoms with E-state index < -0.39 is 0 Å². The summed E-state index contributed by atoms with van der Waals surface area (Å²) in [4.78, 5) is 27.4. The number of hydrogen-bond acceptors (Lipinski definition) is 2. The van der Waals surface area contributed by atoms with E-state index in [4.69, 9.17) is 0 Å². The van der Waals surface area contributed by atoms with E-state index in [9.17, 15) is 9.59 Å². The average Bonchev–Trinajstić information content (AvgIpc) is 3.32. The fourth-order valence-electron chi connectivity index (χ4n) is 4.16. The molecule has 1 fully saturated rings. The largest absolute Gasteiger partial charge is 0.339 e. The Kier molecular flexibility index (Phi) is 4.84. The lowest BCUT2D eigenvalue weighted by atomic mass is 10.0. The molecule has 0 aromatic heterocycles. The van der Waals surface area contributed by atoms with Gasteiger partial charge in [-0.3, -0.25) is 4.79 Å². The second kappa shape index (κ2) is 7.43. The number of urea groups is 1. The maximum Gasteiger partial charge on any atom is 0.319 e. The average molecular weight is 363 g/mol. The molecular formula is C22H25N3O2. The number of anilines is 1. The molecule has 5 nitrogen and oxygen atoms in total. The summed E-state index contributed by atoms with van der Waals surface area (Å²) in [5.74, 6) is 0.00659. The van der Waals surface area contributed by atoms with Gasteiger partial charge in [0.25, 0.3) is 5.91 Å². The van der Waals surface area contributed by atoms with Gasteiger partial charge in [-0.1, -0.05) is 36.4 Å². The van der Waals surface area contributed by atoms with E-state index in [1.165, 1.54) is 11.1 Å². The molecule has 0 radical (unpaired) electrons. The molecule has 0 saturated carbocycles. The molecule has 1 heterocycles. The van der Waals surface area contributed by atoms with Crippen LogP contribution >= 0.6 is 0 Å². The normalized spacial score (nSPS) is 18.3. The summed E-state index contributed by atoms with van der Waals surface area (Å²) in [5.41, 5.74) is 4.54. The van der Waals surface area contributed by atoms with Gasteiger partial charge in [0, 0.05) is 13.1 Å². The van der Waals surface area contributed by atoms with Crippen LogP contribution in [0.25, 0.3) is 0 Å². The van der Waals surface area contributed by atoms with Crippen molar-refractivity contribution in [3.8, 4) is 0 Å². The quantitative estimate of drug-likeness (QED) is 0.864. The number of likely N-dealkylation sites (tertiary alicyclic amines) is 1. The van der Waals surface area contributed by atoms with Crippen LogP contribution in [0.15, 0.2) is 42.5 Å². The van der Waals surface area contributed by atoms with Gasteiger partial charge in [0.15, 0.2) is 0 Å². The lowest BCUT2D eigenvalue weighted by Crippen LogP contribution is -2.33. The molecule has 3 amide bonds. The maximum atomic E-state index is 12.9. The van der Waals surface area contributed by atoms with Crippen molar-refractivity contribution in [1.29, 1.82) is 0 Å². The van der Waals surface area contributed by atoms with E-state index in [-0.39, 0.29) is 18.0 Å². The Morgan fingerprint density at radius 1 is 1.04 bits per heavy atom. The number of hydrogen-bond donors (Lipinski definition) is 2. The molecule has 4 rings (SSSR count). The van der Waals surface area contributed by atoms with Crippen LogP contribution in [-0.2, 0) is 6.42 Å². The maximum absolute atomic E-state index is 12.9. The number of nitrogens with zero attached hydrogens (tertiary/aromatic N) is 1. The van der Waals surface area contributed by atoms with Gasteiger partial charge in [-0.2, -0.15) is 0 Å². The van der Waals surface area contributed by atoms with Crippen LogP contribution in [0.3, 0.4) is 0 Å². The smallest absolute Gasteiger partial charge is 0.319 e. The van der Waals surface area contributed by atoms with E-state index in [2.05, 4.69) is 22.8 Å². The molecule has 0 spiro atoms. The minimum atomic E-state index is -0.266. The number of carbonyl (C=O) groups is 2. The van der Waals surface area contributed by atoms with E-state index in [1.807, 2.05) is 36.1 Å². The number of rotatable bonds is 3. The molecule has 1 atom stereocenters. The number of benzene rings is 2. The second-order valence-electron chi connectivity index (χ2n) is 7.39. The summed E-state index contributed by atoms with van der Waals surface area (Å²) in [7, 11) is 0. The molecule has 1 unspecified atom stereocenters. The predicted molar refractivity (Wildman–Crippen MR) is 106 cm³/mol. The van der Waals surface area contributed by atoms with Crippen LogP contribution in [0.1, 0.15) is 52.4 Å². The molecule has 2 aliphatic rings. The molecular weight excluding hydrogens is 338 g/mol. The molecule has 1 aliphatic carbocycles. The Labute approximate surface area is 159 Å². The zero-order valence-corrected chi connectivity index (χ0v) is 15.6. The summed E-state index contributed by atoms with van der Waals surface area (Å²) in [6.07, 6.45) is 3.97. The fourth-order valence-corrected chi connectivity index (χ4v) is 4.16. The fraction of sp³-hybridized carbons (Fsp3) is 0.364. The van der Waals surface area contributed by atoms with Crippen molar-refractivity contribution >= 4 is 17.6 Å². The third-order valence-electron chi connectivity index (χ3n) is 5.57. The highest BCUT2D eigenvalue weighted by Crippen LogP contribution is 2.31. The van der Waals surface area contributed by atoms with Gasteiger partial charge in [0.05, 0.1) is 17.3 Å². The molecule has 5 heteroatoms. The third kappa shape index (κ3) is 3.54. The van der Waals surface area contributed by atoms with Crippen molar-refractivity contribution in [2.45, 2.75) is 38.6 Å². The Bertz CT molecular complexity index is 872. The molecule has 140 valence electrons. The van der Waals surface area contributed by atoms with Crippen molar-refractivity contribution in [1.82, 2.24) is 10.2 Å². The van der Waals surface area contributed by atoms with Crippen molar-refractivity contribution in [2.24, 2.45) is 0 Å². The first kappa shape index (κ1) is 17.6. The summed E-state index contributed by atoms with van der Waals surface area (Å²) in [6.45, 7) is 3.49. The molecule has 2 N–H and O–H groups in total. The van der Waals surface area contributed by atoms with E-state index in [0.29, 0.717) is 11.3 Å². The van der Waals surface area contributed by atoms with Crippen LogP contribution in [0.5, 0.6) is 0 Å². The molecule has 1 aliphatic heterocycles. The van der Waals surface area contributed by atoms with Crippen LogP contribution < -0.4 is 10.6 Å². The third-order valence-corrected chi connectivity index (χ3v) is 5.57. The van der Waals surface area contributed by atoms with E-state index >= 15 is 0 Å². The lowest BCUT2D eigenvalue weighted by molar-refractivity contribution is 0.0793. The molecule has 27 heavy (non-hydrogen) atoms. The van der Waals surface area contributed by atoms with Crippen molar-refractivity contribution in [3.63, 3.8) is 0 Å². The van der Waals surface area contributed by atoms with Gasteiger partial charge < -0.3 is 15.5 Å². The van der Waals surface area contributed by atoms with Crippen LogP contribution in [0.2, 0.25) is 0 Å². The van der Waals surface area contributed by atoms with Gasteiger partial charge in [-0.15, -0.1) is 0 Å². The minimum absolute atomic E-state index is 0.00659. The van der Waals surface area contributed by atoms with Crippen molar-refractivity contribution < 1.29 is 9.59 Å². The second-order valence-corrected chi connectivity index (χ2v) is 7.39. The number of amides is 3. The van der Waals surface area contributed by atoms with Gasteiger partial charge >= 0.3 is 6.03 Å². The monoisotopic (exact) mass is 363 g/mol. The van der Waals surface area contributed by atoms with Gasteiger partial charge in [-0.25, -0.2) is 4.79 Å². The summed E-state index contributed by atoms with van der Waals surface area (Å²) in [6, 6.07) is 13.6. The summed E-state index contributed by atoms with van der Waals surface area (Å²) in [5, 5.41) is 5.98. The zero-order valence-electron chi connectivity index (χ0n) is 15.6. The Morgan fingerprint density at radius 2 is 1.81 bits per heavy atom. The SMILES string of the molecule is Cc1cccc(NC(=O)NC2CCc3ccccc32)c1C(=O)N1CCCC1. The van der Waals surface area contributed by atoms with Crippen LogP contribution in [0, 0.1) is 6.92 Å². The number of fused-ring (bicyclic) bond motifs is 1. The number of carbonyl (C=O) groups excluding carboxylic acids is 2. The van der Waals surface area contributed by atoms with Crippen LogP contribution in [0.4, 0.5) is 10.5 Å². The zero-order chi connectivity index (χ0) is 18.8. The Balaban J connectivity index is 1.50. The Morgan fingerprint density at radius 3 is 2.63 bits per heavy atom.